The van der Waals surface area contributed by atoms with Gasteiger partial charge in [-0.25, -0.2) is 0 Å². The molecular formula is C16H27NS. The van der Waals surface area contributed by atoms with Gasteiger partial charge in [-0.2, -0.15) is 11.8 Å². The molecule has 0 saturated carbocycles. The van der Waals surface area contributed by atoms with E-state index in [9.17, 15) is 0 Å². The molecule has 0 aliphatic carbocycles. The SMILES string of the molecule is Cc1cc(C)cc(CSCCCCNC(C)C)c1. The molecule has 0 aliphatic heterocycles. The first-order chi connectivity index (χ1) is 8.58. The second kappa shape index (κ2) is 8.60. The lowest BCUT2D eigenvalue weighted by Gasteiger charge is -2.08. The zero-order valence-corrected chi connectivity index (χ0v) is 13.1. The lowest BCUT2D eigenvalue weighted by atomic mass is 10.1. The van der Waals surface area contributed by atoms with Gasteiger partial charge in [0.15, 0.2) is 0 Å². The Morgan fingerprint density at radius 2 is 1.72 bits per heavy atom. The summed E-state index contributed by atoms with van der Waals surface area (Å²) in [6.07, 6.45) is 2.60. The molecule has 0 heterocycles. The van der Waals surface area contributed by atoms with Gasteiger partial charge in [0, 0.05) is 11.8 Å². The van der Waals surface area contributed by atoms with Gasteiger partial charge in [0.05, 0.1) is 0 Å². The minimum atomic E-state index is 0.618. The molecule has 0 aliphatic rings. The number of aryl methyl sites for hydroxylation is 2. The standard InChI is InChI=1S/C16H27NS/c1-13(2)17-7-5-6-8-18-12-16-10-14(3)9-15(4)11-16/h9-11,13,17H,5-8,12H2,1-4H3. The largest absolute Gasteiger partial charge is 0.315 e. The van der Waals surface area contributed by atoms with Crippen molar-refractivity contribution in [1.82, 2.24) is 5.32 Å². The molecule has 0 fully saturated rings. The molecule has 0 amide bonds. The number of unbranched alkanes of at least 4 members (excludes halogenated alkanes) is 1. The topological polar surface area (TPSA) is 12.0 Å². The Kier molecular flexibility index (Phi) is 7.45. The van der Waals surface area contributed by atoms with E-state index in [4.69, 9.17) is 0 Å². The van der Waals surface area contributed by atoms with Crippen LogP contribution in [0.15, 0.2) is 18.2 Å². The van der Waals surface area contributed by atoms with Gasteiger partial charge in [-0.3, -0.25) is 0 Å². The highest BCUT2D eigenvalue weighted by molar-refractivity contribution is 7.98. The third-order valence-electron chi connectivity index (χ3n) is 2.82. The predicted molar refractivity (Wildman–Crippen MR) is 84.5 cm³/mol. The quantitative estimate of drug-likeness (QED) is 0.703. The smallest absolute Gasteiger partial charge is 0.0184 e. The third-order valence-corrected chi connectivity index (χ3v) is 3.93. The second-order valence-corrected chi connectivity index (χ2v) is 6.47. The zero-order chi connectivity index (χ0) is 13.4. The van der Waals surface area contributed by atoms with Crippen molar-refractivity contribution in [2.45, 2.75) is 52.3 Å². The molecule has 0 spiro atoms. The molecular weight excluding hydrogens is 238 g/mol. The maximum atomic E-state index is 3.46. The maximum absolute atomic E-state index is 3.46. The number of rotatable bonds is 8. The minimum Gasteiger partial charge on any atom is -0.315 e. The molecule has 0 unspecified atom stereocenters. The van der Waals surface area contributed by atoms with Crippen LogP contribution < -0.4 is 5.32 Å². The Bertz CT molecular complexity index is 327. The average molecular weight is 265 g/mol. The summed E-state index contributed by atoms with van der Waals surface area (Å²) < 4.78 is 0. The normalized spacial score (nSPS) is 11.2. The van der Waals surface area contributed by atoms with E-state index in [1.807, 2.05) is 0 Å². The van der Waals surface area contributed by atoms with Gasteiger partial charge in [0.2, 0.25) is 0 Å². The lowest BCUT2D eigenvalue weighted by molar-refractivity contribution is 0.567. The van der Waals surface area contributed by atoms with Gasteiger partial charge in [0.1, 0.15) is 0 Å². The van der Waals surface area contributed by atoms with Crippen molar-refractivity contribution in [2.24, 2.45) is 0 Å². The first-order valence-corrected chi connectivity index (χ1v) is 8.11. The number of hydrogen-bond acceptors (Lipinski definition) is 2. The van der Waals surface area contributed by atoms with Gasteiger partial charge >= 0.3 is 0 Å². The highest BCUT2D eigenvalue weighted by atomic mass is 32.2. The van der Waals surface area contributed by atoms with E-state index in [2.05, 4.69) is 63.0 Å². The van der Waals surface area contributed by atoms with Crippen LogP contribution in [0.25, 0.3) is 0 Å². The zero-order valence-electron chi connectivity index (χ0n) is 12.3. The van der Waals surface area contributed by atoms with Crippen molar-refractivity contribution in [3.8, 4) is 0 Å². The Morgan fingerprint density at radius 3 is 2.33 bits per heavy atom. The molecule has 0 radical (unpaired) electrons. The molecule has 0 saturated heterocycles. The van der Waals surface area contributed by atoms with Crippen molar-refractivity contribution in [1.29, 1.82) is 0 Å². The van der Waals surface area contributed by atoms with Crippen LogP contribution in [0.4, 0.5) is 0 Å². The summed E-state index contributed by atoms with van der Waals surface area (Å²) in [6.45, 7) is 9.92. The van der Waals surface area contributed by atoms with Crippen LogP contribution in [0.2, 0.25) is 0 Å². The minimum absolute atomic E-state index is 0.618. The molecule has 1 aromatic rings. The van der Waals surface area contributed by atoms with E-state index in [1.165, 1.54) is 35.3 Å². The third kappa shape index (κ3) is 7.07. The maximum Gasteiger partial charge on any atom is 0.0184 e. The second-order valence-electron chi connectivity index (χ2n) is 5.36. The molecule has 1 nitrogen and oxygen atoms in total. The van der Waals surface area contributed by atoms with Crippen LogP contribution >= 0.6 is 11.8 Å². The van der Waals surface area contributed by atoms with Crippen LogP contribution in [0, 0.1) is 13.8 Å². The van der Waals surface area contributed by atoms with Crippen LogP contribution in [-0.4, -0.2) is 18.3 Å². The number of benzene rings is 1. The van der Waals surface area contributed by atoms with Crippen LogP contribution in [0.3, 0.4) is 0 Å². The lowest BCUT2D eigenvalue weighted by Crippen LogP contribution is -2.23. The molecule has 0 bridgehead atoms. The monoisotopic (exact) mass is 265 g/mol. The number of nitrogens with one attached hydrogen (secondary N) is 1. The summed E-state index contributed by atoms with van der Waals surface area (Å²) in [7, 11) is 0. The van der Waals surface area contributed by atoms with Gasteiger partial charge in [0.25, 0.3) is 0 Å². The Labute approximate surface area is 117 Å². The summed E-state index contributed by atoms with van der Waals surface area (Å²) in [5.41, 5.74) is 4.23. The summed E-state index contributed by atoms with van der Waals surface area (Å²) in [6, 6.07) is 7.47. The molecule has 2 heteroatoms. The summed E-state index contributed by atoms with van der Waals surface area (Å²) in [5, 5.41) is 3.46. The summed E-state index contributed by atoms with van der Waals surface area (Å²) in [5.74, 6) is 2.42. The van der Waals surface area contributed by atoms with E-state index in [0.717, 1.165) is 12.3 Å². The van der Waals surface area contributed by atoms with Crippen molar-refractivity contribution in [2.75, 3.05) is 12.3 Å². The Balaban J connectivity index is 2.10. The fourth-order valence-electron chi connectivity index (χ4n) is 2.06. The molecule has 0 atom stereocenters. The average Bonchev–Trinajstić information content (AvgIpc) is 2.26. The number of thioether (sulfide) groups is 1. The van der Waals surface area contributed by atoms with Gasteiger partial charge < -0.3 is 5.32 Å². The molecule has 1 rings (SSSR count). The fourth-order valence-corrected chi connectivity index (χ4v) is 3.02. The number of hydrogen-bond donors (Lipinski definition) is 1. The van der Waals surface area contributed by atoms with Gasteiger partial charge in [-0.05, 0) is 44.6 Å². The van der Waals surface area contributed by atoms with Gasteiger partial charge in [-0.1, -0.05) is 43.2 Å². The van der Waals surface area contributed by atoms with Crippen molar-refractivity contribution in [3.63, 3.8) is 0 Å². The molecule has 1 aromatic carbocycles. The van der Waals surface area contributed by atoms with Crippen molar-refractivity contribution >= 4 is 11.8 Å². The van der Waals surface area contributed by atoms with E-state index in [-0.39, 0.29) is 0 Å². The fraction of sp³-hybridized carbons (Fsp3) is 0.625. The van der Waals surface area contributed by atoms with E-state index >= 15 is 0 Å². The van der Waals surface area contributed by atoms with Gasteiger partial charge in [-0.15, -0.1) is 0 Å². The first-order valence-electron chi connectivity index (χ1n) is 6.96. The van der Waals surface area contributed by atoms with E-state index in [1.54, 1.807) is 0 Å². The first kappa shape index (κ1) is 15.6. The highest BCUT2D eigenvalue weighted by Gasteiger charge is 1.97. The van der Waals surface area contributed by atoms with E-state index < -0.39 is 0 Å². The summed E-state index contributed by atoms with van der Waals surface area (Å²) in [4.78, 5) is 0. The van der Waals surface area contributed by atoms with Crippen LogP contribution in [0.1, 0.15) is 43.4 Å². The van der Waals surface area contributed by atoms with E-state index in [0.29, 0.717) is 6.04 Å². The van der Waals surface area contributed by atoms with Crippen molar-refractivity contribution < 1.29 is 0 Å². The van der Waals surface area contributed by atoms with Crippen LogP contribution in [-0.2, 0) is 5.75 Å². The van der Waals surface area contributed by atoms with Crippen LogP contribution in [0.5, 0.6) is 0 Å². The predicted octanol–water partition coefficient (Wildman–Crippen LogP) is 4.31. The molecule has 102 valence electrons. The van der Waals surface area contributed by atoms with Crippen molar-refractivity contribution in [3.05, 3.63) is 34.9 Å². The highest BCUT2D eigenvalue weighted by Crippen LogP contribution is 2.16. The molecule has 0 aromatic heterocycles. The summed E-state index contributed by atoms with van der Waals surface area (Å²) >= 11 is 2.05. The molecule has 18 heavy (non-hydrogen) atoms. The Morgan fingerprint density at radius 1 is 1.06 bits per heavy atom. The molecule has 1 N–H and O–H groups in total. The Hall–Kier alpha value is -0.470.